The number of aromatic nitrogens is 1. The van der Waals surface area contributed by atoms with Gasteiger partial charge in [-0.1, -0.05) is 0 Å². The molecule has 8 nitrogen and oxygen atoms in total. The largest absolute Gasteiger partial charge is 0.379 e. The SMILES string of the molecule is CC(CN1CCOCC1)Nc1ncc([N+](=O)[O-])cc1C#N. The highest BCUT2D eigenvalue weighted by Gasteiger charge is 2.17. The van der Waals surface area contributed by atoms with Gasteiger partial charge in [0.15, 0.2) is 0 Å². The van der Waals surface area contributed by atoms with E-state index in [1.165, 1.54) is 6.07 Å². The van der Waals surface area contributed by atoms with Gasteiger partial charge in [-0.05, 0) is 6.92 Å². The molecule has 1 N–H and O–H groups in total. The fraction of sp³-hybridized carbons (Fsp3) is 0.538. The van der Waals surface area contributed by atoms with Crippen LogP contribution in [0.15, 0.2) is 12.3 Å². The van der Waals surface area contributed by atoms with Gasteiger partial charge in [0.05, 0.1) is 18.1 Å². The highest BCUT2D eigenvalue weighted by molar-refractivity contribution is 5.55. The summed E-state index contributed by atoms with van der Waals surface area (Å²) in [4.78, 5) is 16.4. The van der Waals surface area contributed by atoms with E-state index in [2.05, 4.69) is 15.2 Å². The van der Waals surface area contributed by atoms with E-state index in [0.29, 0.717) is 5.82 Å². The maximum Gasteiger partial charge on any atom is 0.289 e. The van der Waals surface area contributed by atoms with Crippen LogP contribution in [0.25, 0.3) is 0 Å². The molecule has 2 heterocycles. The quantitative estimate of drug-likeness (QED) is 0.637. The maximum absolute atomic E-state index is 10.7. The summed E-state index contributed by atoms with van der Waals surface area (Å²) < 4.78 is 5.29. The molecule has 0 amide bonds. The Kier molecular flexibility index (Phi) is 5.03. The van der Waals surface area contributed by atoms with Crippen LogP contribution < -0.4 is 5.32 Å². The molecule has 8 heteroatoms. The highest BCUT2D eigenvalue weighted by Crippen LogP contribution is 2.19. The Labute approximate surface area is 122 Å². The minimum Gasteiger partial charge on any atom is -0.379 e. The summed E-state index contributed by atoms with van der Waals surface area (Å²) in [6.07, 6.45) is 1.16. The average Bonchev–Trinajstić information content (AvgIpc) is 2.48. The molecule has 1 aromatic heterocycles. The number of nitrogens with one attached hydrogen (secondary N) is 1. The molecule has 0 radical (unpaired) electrons. The summed E-state index contributed by atoms with van der Waals surface area (Å²) in [5.74, 6) is 0.379. The molecule has 1 saturated heterocycles. The van der Waals surface area contributed by atoms with Crippen LogP contribution in [0.5, 0.6) is 0 Å². The molecule has 1 fully saturated rings. The molecule has 112 valence electrons. The number of hydrogen-bond acceptors (Lipinski definition) is 7. The number of nitro groups is 1. The lowest BCUT2D eigenvalue weighted by atomic mass is 10.2. The van der Waals surface area contributed by atoms with E-state index in [4.69, 9.17) is 10.00 Å². The van der Waals surface area contributed by atoms with Crippen molar-refractivity contribution in [1.29, 1.82) is 5.26 Å². The zero-order chi connectivity index (χ0) is 15.2. The molecule has 1 aromatic rings. The van der Waals surface area contributed by atoms with Gasteiger partial charge in [0.2, 0.25) is 0 Å². The fourth-order valence-corrected chi connectivity index (χ4v) is 2.20. The third-order valence-corrected chi connectivity index (χ3v) is 3.22. The molecule has 1 atom stereocenters. The van der Waals surface area contributed by atoms with Gasteiger partial charge in [-0.15, -0.1) is 0 Å². The van der Waals surface area contributed by atoms with Crippen molar-refractivity contribution in [2.75, 3.05) is 38.2 Å². The molecule has 0 aromatic carbocycles. The van der Waals surface area contributed by atoms with E-state index in [9.17, 15) is 10.1 Å². The Morgan fingerprint density at radius 3 is 2.95 bits per heavy atom. The molecule has 1 aliphatic heterocycles. The Morgan fingerprint density at radius 1 is 1.62 bits per heavy atom. The van der Waals surface area contributed by atoms with Crippen LogP contribution in [0.1, 0.15) is 12.5 Å². The van der Waals surface area contributed by atoms with Gasteiger partial charge >= 0.3 is 0 Å². The van der Waals surface area contributed by atoms with E-state index >= 15 is 0 Å². The van der Waals surface area contributed by atoms with Crippen LogP contribution >= 0.6 is 0 Å². The molecular weight excluding hydrogens is 274 g/mol. The van der Waals surface area contributed by atoms with Gasteiger partial charge in [0, 0.05) is 31.7 Å². The normalized spacial score (nSPS) is 17.0. The lowest BCUT2D eigenvalue weighted by molar-refractivity contribution is -0.385. The summed E-state index contributed by atoms with van der Waals surface area (Å²) in [6.45, 7) is 6.00. The van der Waals surface area contributed by atoms with Gasteiger partial charge in [0.1, 0.15) is 23.6 Å². The summed E-state index contributed by atoms with van der Waals surface area (Å²) in [7, 11) is 0. The molecule has 1 aliphatic rings. The summed E-state index contributed by atoms with van der Waals surface area (Å²) >= 11 is 0. The minimum absolute atomic E-state index is 0.0733. The topological polar surface area (TPSA) is 104 Å². The molecule has 2 rings (SSSR count). The molecule has 1 unspecified atom stereocenters. The van der Waals surface area contributed by atoms with Crippen LogP contribution in [-0.4, -0.2) is 53.7 Å². The second-order valence-corrected chi connectivity index (χ2v) is 4.92. The van der Waals surface area contributed by atoms with Crippen molar-refractivity contribution in [3.8, 4) is 6.07 Å². The zero-order valence-electron chi connectivity index (χ0n) is 11.8. The molecule has 21 heavy (non-hydrogen) atoms. The van der Waals surface area contributed by atoms with Gasteiger partial charge < -0.3 is 10.1 Å². The smallest absolute Gasteiger partial charge is 0.289 e. The standard InChI is InChI=1S/C13H17N5O3/c1-10(9-17-2-4-21-5-3-17)16-13-11(7-14)6-12(8-15-13)18(19)20/h6,8,10H,2-5,9H2,1H3,(H,15,16). The monoisotopic (exact) mass is 291 g/mol. The second-order valence-electron chi connectivity index (χ2n) is 4.92. The van der Waals surface area contributed by atoms with Gasteiger partial charge in [-0.2, -0.15) is 5.26 Å². The van der Waals surface area contributed by atoms with Crippen molar-refractivity contribution in [2.24, 2.45) is 0 Å². The lowest BCUT2D eigenvalue weighted by Crippen LogP contribution is -2.42. The van der Waals surface area contributed by atoms with Crippen molar-refractivity contribution >= 4 is 11.5 Å². The van der Waals surface area contributed by atoms with Crippen molar-refractivity contribution < 1.29 is 9.66 Å². The van der Waals surface area contributed by atoms with Crippen molar-refractivity contribution in [3.63, 3.8) is 0 Å². The van der Waals surface area contributed by atoms with Crippen LogP contribution in [0.2, 0.25) is 0 Å². The van der Waals surface area contributed by atoms with Crippen LogP contribution in [0.3, 0.4) is 0 Å². The lowest BCUT2D eigenvalue weighted by Gasteiger charge is -2.29. The third-order valence-electron chi connectivity index (χ3n) is 3.22. The maximum atomic E-state index is 10.7. The number of ether oxygens (including phenoxy) is 1. The van der Waals surface area contributed by atoms with Gasteiger partial charge in [-0.25, -0.2) is 4.98 Å². The summed E-state index contributed by atoms with van der Waals surface area (Å²) in [5.41, 5.74) is -0.00374. The Morgan fingerprint density at radius 2 is 2.33 bits per heavy atom. The molecule has 0 saturated carbocycles. The zero-order valence-corrected chi connectivity index (χ0v) is 11.8. The van der Waals surface area contributed by atoms with Crippen molar-refractivity contribution in [3.05, 3.63) is 27.9 Å². The molecule has 0 spiro atoms. The first-order valence-electron chi connectivity index (χ1n) is 6.71. The second kappa shape index (κ2) is 6.97. The van der Waals surface area contributed by atoms with Crippen LogP contribution in [-0.2, 0) is 4.74 Å². The Bertz CT molecular complexity index is 551. The molecule has 0 aliphatic carbocycles. The first-order chi connectivity index (χ1) is 10.1. The minimum atomic E-state index is -0.561. The van der Waals surface area contributed by atoms with Gasteiger partial charge in [-0.3, -0.25) is 15.0 Å². The number of morpholine rings is 1. The number of hydrogen-bond donors (Lipinski definition) is 1. The van der Waals surface area contributed by atoms with Crippen molar-refractivity contribution in [1.82, 2.24) is 9.88 Å². The highest BCUT2D eigenvalue weighted by atomic mass is 16.6. The van der Waals surface area contributed by atoms with Gasteiger partial charge in [0.25, 0.3) is 5.69 Å². The van der Waals surface area contributed by atoms with E-state index in [0.717, 1.165) is 39.0 Å². The number of rotatable bonds is 5. The number of pyridine rings is 1. The van der Waals surface area contributed by atoms with Crippen molar-refractivity contribution in [2.45, 2.75) is 13.0 Å². The summed E-state index contributed by atoms with van der Waals surface area (Å²) in [6, 6.07) is 3.24. The Hall–Kier alpha value is -2.24. The van der Waals surface area contributed by atoms with E-state index in [1.807, 2.05) is 13.0 Å². The van der Waals surface area contributed by atoms with E-state index < -0.39 is 4.92 Å². The number of nitriles is 1. The Balaban J connectivity index is 2.01. The van der Waals surface area contributed by atoms with Crippen LogP contribution in [0.4, 0.5) is 11.5 Å². The summed E-state index contributed by atoms with van der Waals surface area (Å²) in [5, 5.41) is 22.9. The van der Waals surface area contributed by atoms with E-state index in [1.54, 1.807) is 0 Å². The number of anilines is 1. The fourth-order valence-electron chi connectivity index (χ4n) is 2.20. The number of nitrogens with zero attached hydrogens (tertiary/aromatic N) is 4. The molecular formula is C13H17N5O3. The predicted molar refractivity (Wildman–Crippen MR) is 76.0 cm³/mol. The average molecular weight is 291 g/mol. The van der Waals surface area contributed by atoms with Crippen LogP contribution in [0, 0.1) is 21.4 Å². The first-order valence-corrected chi connectivity index (χ1v) is 6.71. The molecule has 0 bridgehead atoms. The first kappa shape index (κ1) is 15.2. The van der Waals surface area contributed by atoms with E-state index in [-0.39, 0.29) is 17.3 Å². The predicted octanol–water partition coefficient (Wildman–Crippen LogP) is 0.994. The third kappa shape index (κ3) is 4.11.